The van der Waals surface area contributed by atoms with E-state index >= 15 is 0 Å². The molecule has 2 aromatic carbocycles. The number of halogens is 1. The van der Waals surface area contributed by atoms with Crippen LogP contribution >= 0.6 is 11.8 Å². The average Bonchev–Trinajstić information content (AvgIpc) is 3.16. The van der Waals surface area contributed by atoms with Crippen LogP contribution < -0.4 is 0 Å². The Morgan fingerprint density at radius 1 is 1.03 bits per heavy atom. The molecule has 1 fully saturated rings. The maximum Gasteiger partial charge on any atom is 0.235 e. The lowest BCUT2D eigenvalue weighted by molar-refractivity contribution is -0.131. The fraction of sp³-hybridized carbons (Fsp3) is 0.348. The van der Waals surface area contributed by atoms with E-state index in [4.69, 9.17) is 0 Å². The number of benzene rings is 2. The molecular formula is C23H25FN4OS. The first-order valence-corrected chi connectivity index (χ1v) is 11.2. The van der Waals surface area contributed by atoms with Crippen LogP contribution in [-0.4, -0.2) is 43.9 Å². The third-order valence-electron chi connectivity index (χ3n) is 5.31. The van der Waals surface area contributed by atoms with Crippen LogP contribution in [0.1, 0.15) is 31.7 Å². The van der Waals surface area contributed by atoms with Gasteiger partial charge in [0.1, 0.15) is 5.82 Å². The van der Waals surface area contributed by atoms with Crippen molar-refractivity contribution in [2.45, 2.75) is 43.1 Å². The van der Waals surface area contributed by atoms with Gasteiger partial charge in [-0.2, -0.15) is 0 Å². The first-order chi connectivity index (χ1) is 14.6. The Labute approximate surface area is 180 Å². The number of carbonyl (C=O) groups excluding carboxylic acids is 1. The van der Waals surface area contributed by atoms with Gasteiger partial charge in [0, 0.05) is 13.1 Å². The summed E-state index contributed by atoms with van der Waals surface area (Å²) in [5.41, 5.74) is 1.47. The molecule has 0 radical (unpaired) electrons. The fourth-order valence-corrected chi connectivity index (χ4v) is 4.64. The quantitative estimate of drug-likeness (QED) is 0.542. The van der Waals surface area contributed by atoms with Gasteiger partial charge in [-0.25, -0.2) is 4.39 Å². The molecule has 1 aliphatic heterocycles. The van der Waals surface area contributed by atoms with E-state index in [0.717, 1.165) is 31.5 Å². The summed E-state index contributed by atoms with van der Waals surface area (Å²) < 4.78 is 16.4. The lowest BCUT2D eigenvalue weighted by Gasteiger charge is -2.28. The summed E-state index contributed by atoms with van der Waals surface area (Å²) in [6.45, 7) is 4.05. The molecule has 1 aromatic heterocycles. The lowest BCUT2D eigenvalue weighted by Crippen LogP contribution is -2.40. The van der Waals surface area contributed by atoms with Gasteiger partial charge in [0.15, 0.2) is 11.0 Å². The molecule has 3 aromatic rings. The Bertz CT molecular complexity index is 1000. The Balaban J connectivity index is 1.63. The second-order valence-electron chi connectivity index (χ2n) is 7.50. The first kappa shape index (κ1) is 20.6. The van der Waals surface area contributed by atoms with E-state index in [1.807, 2.05) is 46.7 Å². The molecule has 4 rings (SSSR count). The third kappa shape index (κ3) is 4.56. The van der Waals surface area contributed by atoms with Crippen LogP contribution in [0.2, 0.25) is 0 Å². The highest BCUT2D eigenvalue weighted by molar-refractivity contribution is 8.00. The smallest absolute Gasteiger partial charge is 0.235 e. The van der Waals surface area contributed by atoms with Crippen molar-refractivity contribution in [3.63, 3.8) is 0 Å². The summed E-state index contributed by atoms with van der Waals surface area (Å²) in [6, 6.07) is 16.5. The molecule has 1 aliphatic rings. The Hall–Kier alpha value is -2.67. The van der Waals surface area contributed by atoms with E-state index in [1.54, 1.807) is 18.2 Å². The van der Waals surface area contributed by atoms with Gasteiger partial charge in [-0.3, -0.25) is 9.36 Å². The summed E-state index contributed by atoms with van der Waals surface area (Å²) in [7, 11) is 0. The summed E-state index contributed by atoms with van der Waals surface area (Å²) >= 11 is 1.39. The summed E-state index contributed by atoms with van der Waals surface area (Å²) in [5.74, 6) is 0.256. The van der Waals surface area contributed by atoms with E-state index in [2.05, 4.69) is 10.2 Å². The number of amides is 1. The number of rotatable bonds is 6. The van der Waals surface area contributed by atoms with Crippen LogP contribution in [0, 0.1) is 5.82 Å². The third-order valence-corrected chi connectivity index (χ3v) is 6.38. The lowest BCUT2D eigenvalue weighted by atomic mass is 10.1. The first-order valence-electron chi connectivity index (χ1n) is 10.3. The van der Waals surface area contributed by atoms with E-state index < -0.39 is 0 Å². The Morgan fingerprint density at radius 3 is 2.47 bits per heavy atom. The zero-order valence-electron chi connectivity index (χ0n) is 17.0. The van der Waals surface area contributed by atoms with E-state index in [9.17, 15) is 9.18 Å². The van der Waals surface area contributed by atoms with Crippen molar-refractivity contribution < 1.29 is 9.18 Å². The molecule has 5 nitrogen and oxygen atoms in total. The minimum atomic E-state index is -0.340. The zero-order valence-corrected chi connectivity index (χ0v) is 17.8. The van der Waals surface area contributed by atoms with E-state index in [1.165, 1.54) is 24.2 Å². The second kappa shape index (κ2) is 9.43. The Kier molecular flexibility index (Phi) is 6.47. The second-order valence-corrected chi connectivity index (χ2v) is 8.81. The highest BCUT2D eigenvalue weighted by Gasteiger charge is 2.26. The maximum atomic E-state index is 14.5. The van der Waals surface area contributed by atoms with Crippen molar-refractivity contribution in [3.05, 3.63) is 66.0 Å². The van der Waals surface area contributed by atoms with Crippen molar-refractivity contribution in [2.75, 3.05) is 13.1 Å². The summed E-state index contributed by atoms with van der Waals surface area (Å²) in [4.78, 5) is 14.8. The van der Waals surface area contributed by atoms with Gasteiger partial charge in [-0.05, 0) is 43.9 Å². The molecule has 1 atom stereocenters. The number of likely N-dealkylation sites (tertiary alicyclic amines) is 1. The van der Waals surface area contributed by atoms with Crippen LogP contribution in [0.4, 0.5) is 4.39 Å². The summed E-state index contributed by atoms with van der Waals surface area (Å²) in [5, 5.41) is 8.97. The predicted octanol–water partition coefficient (Wildman–Crippen LogP) is 4.63. The van der Waals surface area contributed by atoms with Crippen molar-refractivity contribution in [3.8, 4) is 11.4 Å². The topological polar surface area (TPSA) is 51.0 Å². The number of nitrogens with zero attached hydrogens (tertiary/aromatic N) is 4. The molecule has 2 heterocycles. The van der Waals surface area contributed by atoms with Crippen LogP contribution in [0.25, 0.3) is 11.4 Å². The van der Waals surface area contributed by atoms with Gasteiger partial charge in [0.05, 0.1) is 17.4 Å². The number of carbonyl (C=O) groups is 1. The average molecular weight is 425 g/mol. The van der Waals surface area contributed by atoms with Crippen molar-refractivity contribution in [1.82, 2.24) is 19.7 Å². The molecule has 1 amide bonds. The SMILES string of the molecule is C[C@H](Sc1nnc(-c2ccccc2F)n1Cc1ccccc1)C(=O)N1CCCCC1. The molecule has 0 bridgehead atoms. The molecule has 0 spiro atoms. The zero-order chi connectivity index (χ0) is 20.9. The van der Waals surface area contributed by atoms with Crippen LogP contribution in [0.3, 0.4) is 0 Å². The van der Waals surface area contributed by atoms with E-state index in [0.29, 0.717) is 23.1 Å². The minimum absolute atomic E-state index is 0.126. The summed E-state index contributed by atoms with van der Waals surface area (Å²) in [6.07, 6.45) is 3.30. The largest absolute Gasteiger partial charge is 0.342 e. The van der Waals surface area contributed by atoms with Crippen LogP contribution in [0.15, 0.2) is 59.8 Å². The van der Waals surface area contributed by atoms with Gasteiger partial charge in [0.25, 0.3) is 0 Å². The number of hydrogen-bond donors (Lipinski definition) is 0. The number of hydrogen-bond acceptors (Lipinski definition) is 4. The van der Waals surface area contributed by atoms with Gasteiger partial charge < -0.3 is 4.90 Å². The number of aromatic nitrogens is 3. The van der Waals surface area contributed by atoms with Crippen molar-refractivity contribution in [2.24, 2.45) is 0 Å². The normalized spacial score (nSPS) is 15.2. The molecule has 0 saturated carbocycles. The minimum Gasteiger partial charge on any atom is -0.342 e. The molecule has 0 aliphatic carbocycles. The van der Waals surface area contributed by atoms with Crippen LogP contribution in [0.5, 0.6) is 0 Å². The monoisotopic (exact) mass is 424 g/mol. The maximum absolute atomic E-state index is 14.5. The molecular weight excluding hydrogens is 399 g/mol. The van der Waals surface area contributed by atoms with Gasteiger partial charge in [0.2, 0.25) is 5.91 Å². The standard InChI is InChI=1S/C23H25FN4OS/c1-17(22(29)27-14-8-3-9-15-27)30-23-26-25-21(19-12-6-7-13-20(19)24)28(23)16-18-10-4-2-5-11-18/h2,4-7,10-13,17H,3,8-9,14-16H2,1H3/t17-/m0/s1. The molecule has 156 valence electrons. The molecule has 0 N–H and O–H groups in total. The molecule has 30 heavy (non-hydrogen) atoms. The number of piperidine rings is 1. The Morgan fingerprint density at radius 2 is 1.73 bits per heavy atom. The van der Waals surface area contributed by atoms with Gasteiger partial charge in [-0.1, -0.05) is 54.2 Å². The predicted molar refractivity (Wildman–Crippen MR) is 117 cm³/mol. The van der Waals surface area contributed by atoms with E-state index in [-0.39, 0.29) is 17.0 Å². The highest BCUT2D eigenvalue weighted by atomic mass is 32.2. The molecule has 7 heteroatoms. The van der Waals surface area contributed by atoms with Gasteiger partial charge >= 0.3 is 0 Å². The van der Waals surface area contributed by atoms with Crippen molar-refractivity contribution >= 4 is 17.7 Å². The number of thioether (sulfide) groups is 1. The molecule has 1 saturated heterocycles. The fourth-order valence-electron chi connectivity index (χ4n) is 3.71. The molecule has 0 unspecified atom stereocenters. The van der Waals surface area contributed by atoms with Crippen LogP contribution in [-0.2, 0) is 11.3 Å². The highest BCUT2D eigenvalue weighted by Crippen LogP contribution is 2.30. The van der Waals surface area contributed by atoms with Gasteiger partial charge in [-0.15, -0.1) is 10.2 Å². The van der Waals surface area contributed by atoms with Crippen molar-refractivity contribution in [1.29, 1.82) is 0 Å².